The van der Waals surface area contributed by atoms with Gasteiger partial charge in [-0.2, -0.15) is 0 Å². The van der Waals surface area contributed by atoms with E-state index in [1.807, 2.05) is 7.05 Å². The number of hydrogen-bond acceptors (Lipinski definition) is 3. The monoisotopic (exact) mass is 338 g/mol. The molecule has 2 rings (SSSR count). The van der Waals surface area contributed by atoms with Crippen LogP contribution in [-0.4, -0.2) is 43.0 Å². The van der Waals surface area contributed by atoms with Crippen LogP contribution < -0.4 is 10.1 Å². The number of halogens is 1. The molecule has 0 unspecified atom stereocenters. The molecule has 0 spiro atoms. The maximum Gasteiger partial charge on any atom is 0.258 e. The third-order valence-corrected chi connectivity index (χ3v) is 4.39. The highest BCUT2D eigenvalue weighted by atomic mass is 35.5. The minimum absolute atomic E-state index is 0.00973. The van der Waals surface area contributed by atoms with Crippen LogP contribution in [0.25, 0.3) is 0 Å². The summed E-state index contributed by atoms with van der Waals surface area (Å²) in [5.74, 6) is 0.192. The van der Waals surface area contributed by atoms with Gasteiger partial charge < -0.3 is 15.0 Å². The van der Waals surface area contributed by atoms with Gasteiger partial charge in [0.05, 0.1) is 6.54 Å². The molecule has 2 amide bonds. The molecule has 0 saturated heterocycles. The number of nitrogens with zero attached hydrogens (tertiary/aromatic N) is 1. The number of ether oxygens (including phenoxy) is 1. The zero-order valence-corrected chi connectivity index (χ0v) is 14.1. The summed E-state index contributed by atoms with van der Waals surface area (Å²) in [5.41, 5.74) is 0. The molecule has 5 nitrogen and oxygen atoms in total. The minimum Gasteiger partial charge on any atom is -0.484 e. The molecular weight excluding hydrogens is 316 g/mol. The number of carbonyl (C=O) groups excluding carboxylic acids is 2. The van der Waals surface area contributed by atoms with Gasteiger partial charge in [-0.05, 0) is 37.1 Å². The highest BCUT2D eigenvalue weighted by Crippen LogP contribution is 2.21. The molecular formula is C17H23ClN2O3. The van der Waals surface area contributed by atoms with Gasteiger partial charge in [-0.1, -0.05) is 30.9 Å². The first-order valence-corrected chi connectivity index (χ1v) is 8.35. The van der Waals surface area contributed by atoms with Crippen LogP contribution in [0.2, 0.25) is 5.02 Å². The fourth-order valence-electron chi connectivity index (χ4n) is 2.70. The van der Waals surface area contributed by atoms with E-state index in [1.165, 1.54) is 19.3 Å². The van der Waals surface area contributed by atoms with Gasteiger partial charge in [0.15, 0.2) is 6.61 Å². The van der Waals surface area contributed by atoms with Crippen LogP contribution in [0.15, 0.2) is 24.3 Å². The van der Waals surface area contributed by atoms with Crippen LogP contribution in [0.4, 0.5) is 0 Å². The average Bonchev–Trinajstić information content (AvgIpc) is 2.59. The molecule has 6 heteroatoms. The summed E-state index contributed by atoms with van der Waals surface area (Å²) in [5, 5.41) is 3.21. The van der Waals surface area contributed by atoms with Crippen LogP contribution in [0.5, 0.6) is 5.75 Å². The van der Waals surface area contributed by atoms with Crippen molar-refractivity contribution in [2.75, 3.05) is 20.2 Å². The Hall–Kier alpha value is -1.75. The fraction of sp³-hybridized carbons (Fsp3) is 0.529. The van der Waals surface area contributed by atoms with Crippen molar-refractivity contribution in [2.24, 2.45) is 0 Å². The van der Waals surface area contributed by atoms with E-state index in [9.17, 15) is 9.59 Å². The second-order valence-corrected chi connectivity index (χ2v) is 6.25. The predicted molar refractivity (Wildman–Crippen MR) is 89.6 cm³/mol. The lowest BCUT2D eigenvalue weighted by Gasteiger charge is -2.31. The van der Waals surface area contributed by atoms with E-state index >= 15 is 0 Å². The van der Waals surface area contributed by atoms with Gasteiger partial charge in [0.1, 0.15) is 5.75 Å². The van der Waals surface area contributed by atoms with Gasteiger partial charge in [-0.15, -0.1) is 0 Å². The predicted octanol–water partition coefficient (Wildman–Crippen LogP) is 2.63. The standard InChI is InChI=1S/C17H23ClN2O3/c1-20(14-5-3-2-4-6-14)17(22)11-19-16(21)12-23-15-9-7-13(18)8-10-15/h7-10,14H,2-6,11-12H2,1H3,(H,19,21). The molecule has 1 N–H and O–H groups in total. The number of amides is 2. The minimum atomic E-state index is -0.314. The summed E-state index contributed by atoms with van der Waals surface area (Å²) < 4.78 is 5.34. The van der Waals surface area contributed by atoms with E-state index in [-0.39, 0.29) is 25.0 Å². The molecule has 1 aromatic rings. The highest BCUT2D eigenvalue weighted by Gasteiger charge is 2.22. The van der Waals surface area contributed by atoms with Crippen LogP contribution in [-0.2, 0) is 9.59 Å². The van der Waals surface area contributed by atoms with E-state index in [1.54, 1.807) is 29.2 Å². The van der Waals surface area contributed by atoms with Crippen LogP contribution in [0, 0.1) is 0 Å². The third kappa shape index (κ3) is 5.75. The first-order valence-electron chi connectivity index (χ1n) is 7.97. The number of rotatable bonds is 6. The summed E-state index contributed by atoms with van der Waals surface area (Å²) in [6.07, 6.45) is 5.69. The molecule has 126 valence electrons. The first kappa shape index (κ1) is 17.6. The quantitative estimate of drug-likeness (QED) is 0.867. The van der Waals surface area contributed by atoms with Crippen molar-refractivity contribution >= 4 is 23.4 Å². The zero-order chi connectivity index (χ0) is 16.7. The number of nitrogens with one attached hydrogen (secondary N) is 1. The molecule has 1 aromatic carbocycles. The Kier molecular flexibility index (Phi) is 6.71. The Morgan fingerprint density at radius 3 is 2.52 bits per heavy atom. The fourth-order valence-corrected chi connectivity index (χ4v) is 2.83. The van der Waals surface area contributed by atoms with Gasteiger partial charge >= 0.3 is 0 Å². The van der Waals surface area contributed by atoms with E-state index in [2.05, 4.69) is 5.32 Å². The summed E-state index contributed by atoms with van der Waals surface area (Å²) in [7, 11) is 1.81. The van der Waals surface area contributed by atoms with Crippen LogP contribution in [0.1, 0.15) is 32.1 Å². The van der Waals surface area contributed by atoms with Gasteiger partial charge in [-0.3, -0.25) is 9.59 Å². The Labute approximate surface area is 141 Å². The van der Waals surface area contributed by atoms with Gasteiger partial charge in [0.2, 0.25) is 5.91 Å². The molecule has 0 bridgehead atoms. The molecule has 1 aliphatic carbocycles. The van der Waals surface area contributed by atoms with Crippen molar-refractivity contribution in [1.82, 2.24) is 10.2 Å². The Balaban J connectivity index is 1.68. The van der Waals surface area contributed by atoms with E-state index in [0.717, 1.165) is 12.8 Å². The molecule has 1 saturated carbocycles. The van der Waals surface area contributed by atoms with Crippen molar-refractivity contribution in [2.45, 2.75) is 38.1 Å². The lowest BCUT2D eigenvalue weighted by atomic mass is 9.94. The van der Waals surface area contributed by atoms with Crippen LogP contribution in [0.3, 0.4) is 0 Å². The van der Waals surface area contributed by atoms with Gasteiger partial charge in [-0.25, -0.2) is 0 Å². The van der Waals surface area contributed by atoms with E-state index < -0.39 is 0 Å². The van der Waals surface area contributed by atoms with Gasteiger partial charge in [0.25, 0.3) is 5.91 Å². The zero-order valence-electron chi connectivity index (χ0n) is 13.4. The first-order chi connectivity index (χ1) is 11.1. The normalized spacial score (nSPS) is 15.0. The number of hydrogen-bond donors (Lipinski definition) is 1. The summed E-state index contributed by atoms with van der Waals surface area (Å²) in [4.78, 5) is 25.6. The van der Waals surface area contributed by atoms with Crippen molar-refractivity contribution in [3.8, 4) is 5.75 Å². The Morgan fingerprint density at radius 1 is 1.22 bits per heavy atom. The molecule has 1 fully saturated rings. The van der Waals surface area contributed by atoms with E-state index in [4.69, 9.17) is 16.3 Å². The highest BCUT2D eigenvalue weighted by molar-refractivity contribution is 6.30. The molecule has 0 aliphatic heterocycles. The number of likely N-dealkylation sites (N-methyl/N-ethyl adjacent to an activating group) is 1. The van der Waals surface area contributed by atoms with Crippen molar-refractivity contribution in [3.05, 3.63) is 29.3 Å². The second kappa shape index (κ2) is 8.77. The maximum absolute atomic E-state index is 12.1. The average molecular weight is 339 g/mol. The molecule has 0 heterocycles. The maximum atomic E-state index is 12.1. The van der Waals surface area contributed by atoms with Crippen molar-refractivity contribution in [1.29, 1.82) is 0 Å². The molecule has 0 aromatic heterocycles. The van der Waals surface area contributed by atoms with Crippen molar-refractivity contribution in [3.63, 3.8) is 0 Å². The molecule has 1 aliphatic rings. The van der Waals surface area contributed by atoms with Gasteiger partial charge in [0, 0.05) is 18.1 Å². The molecule has 0 atom stereocenters. The lowest BCUT2D eigenvalue weighted by molar-refractivity contribution is -0.134. The van der Waals surface area contributed by atoms with Crippen molar-refractivity contribution < 1.29 is 14.3 Å². The number of benzene rings is 1. The molecule has 23 heavy (non-hydrogen) atoms. The lowest BCUT2D eigenvalue weighted by Crippen LogP contribution is -2.44. The van der Waals surface area contributed by atoms with E-state index in [0.29, 0.717) is 16.8 Å². The molecule has 0 radical (unpaired) electrons. The number of carbonyl (C=O) groups is 2. The smallest absolute Gasteiger partial charge is 0.258 e. The summed E-state index contributed by atoms with van der Waals surface area (Å²) >= 11 is 5.78. The largest absolute Gasteiger partial charge is 0.484 e. The summed E-state index contributed by atoms with van der Waals surface area (Å²) in [6.45, 7) is -0.113. The second-order valence-electron chi connectivity index (χ2n) is 5.82. The topological polar surface area (TPSA) is 58.6 Å². The summed E-state index contributed by atoms with van der Waals surface area (Å²) in [6, 6.07) is 7.07. The third-order valence-electron chi connectivity index (χ3n) is 4.14. The SMILES string of the molecule is CN(C(=O)CNC(=O)COc1ccc(Cl)cc1)C1CCCCC1. The Bertz CT molecular complexity index is 527. The Morgan fingerprint density at radius 2 is 1.87 bits per heavy atom. The van der Waals surface area contributed by atoms with Crippen LogP contribution >= 0.6 is 11.6 Å².